The number of Topliss-reactive ketones (excluding diaryl/α,β-unsaturated/α-hetero) is 2. The maximum Gasteiger partial charge on any atom is 0.225 e. The van der Waals surface area contributed by atoms with Crippen molar-refractivity contribution in [2.75, 3.05) is 27.9 Å². The molecule has 2 bridgehead atoms. The summed E-state index contributed by atoms with van der Waals surface area (Å²) in [7, 11) is 4.72. The lowest BCUT2D eigenvalue weighted by molar-refractivity contribution is -0.287. The third-order valence-corrected chi connectivity index (χ3v) is 7.74. The van der Waals surface area contributed by atoms with E-state index in [9.17, 15) is 9.59 Å². The summed E-state index contributed by atoms with van der Waals surface area (Å²) in [5.41, 5.74) is 0.724. The predicted molar refractivity (Wildman–Crippen MR) is 106 cm³/mol. The normalized spacial score (nSPS) is 39.6. The number of methoxy groups -OCH3 is 3. The molecule has 1 heterocycles. The van der Waals surface area contributed by atoms with E-state index in [-0.39, 0.29) is 34.6 Å². The number of allylic oxidation sites excluding steroid dienone is 2. The quantitative estimate of drug-likeness (QED) is 0.670. The number of carbonyl (C=O) groups is 2. The first-order chi connectivity index (χ1) is 13.8. The van der Waals surface area contributed by atoms with Gasteiger partial charge in [0.15, 0.2) is 17.8 Å². The molecule has 6 nitrogen and oxygen atoms in total. The van der Waals surface area contributed by atoms with Crippen molar-refractivity contribution in [3.05, 3.63) is 22.5 Å². The van der Waals surface area contributed by atoms with Crippen LogP contribution in [0.2, 0.25) is 0 Å². The fourth-order valence-corrected chi connectivity index (χ4v) is 6.58. The Balaban J connectivity index is 2.00. The van der Waals surface area contributed by atoms with Crippen molar-refractivity contribution in [3.8, 4) is 0 Å². The SMILES string of the molecule is COC1=C(C(C)C)C(=O)C2=C(C1=O)[C@]13CCC[C@](C)(CO[C@H]1OC)[C@@H]3C[C@H]2OC. The fraction of sp³-hybridized carbons (Fsp3) is 0.739. The standard InChI is InChI=1S/C23H32O6/c1-12(2)15-18(24)16-13(26-4)10-14-22(3)8-7-9-23(14,21(28-6)29-11-22)17(16)19(25)20(15)27-5/h12-14,21H,7-11H2,1-6H3/t13-,14+,21-,22-,23-/m1/s1. The summed E-state index contributed by atoms with van der Waals surface area (Å²) in [6.45, 7) is 6.65. The van der Waals surface area contributed by atoms with Crippen molar-refractivity contribution < 1.29 is 28.5 Å². The lowest BCUT2D eigenvalue weighted by Gasteiger charge is -2.63. The summed E-state index contributed by atoms with van der Waals surface area (Å²) in [5.74, 6) is -0.142. The average molecular weight is 405 g/mol. The summed E-state index contributed by atoms with van der Waals surface area (Å²) < 4.78 is 23.3. The molecule has 0 amide bonds. The van der Waals surface area contributed by atoms with E-state index < -0.39 is 17.8 Å². The molecule has 1 saturated heterocycles. The smallest absolute Gasteiger partial charge is 0.225 e. The molecular formula is C23H32O6. The van der Waals surface area contributed by atoms with E-state index in [1.54, 1.807) is 14.2 Å². The van der Waals surface area contributed by atoms with E-state index >= 15 is 0 Å². The van der Waals surface area contributed by atoms with Crippen LogP contribution in [-0.4, -0.2) is 51.9 Å². The zero-order valence-electron chi connectivity index (χ0n) is 18.3. The first kappa shape index (κ1) is 20.8. The molecule has 0 unspecified atom stereocenters. The molecule has 5 atom stereocenters. The van der Waals surface area contributed by atoms with Gasteiger partial charge in [-0.05, 0) is 36.5 Å². The molecule has 0 aromatic carbocycles. The number of carbonyl (C=O) groups excluding carboxylic acids is 2. The highest BCUT2D eigenvalue weighted by Crippen LogP contribution is 2.66. The minimum Gasteiger partial charge on any atom is -0.492 e. The van der Waals surface area contributed by atoms with E-state index in [2.05, 4.69) is 6.92 Å². The van der Waals surface area contributed by atoms with Crippen molar-refractivity contribution in [2.45, 2.75) is 58.8 Å². The Morgan fingerprint density at radius 3 is 2.38 bits per heavy atom. The van der Waals surface area contributed by atoms with Gasteiger partial charge in [0.2, 0.25) is 5.78 Å². The van der Waals surface area contributed by atoms with Gasteiger partial charge < -0.3 is 18.9 Å². The topological polar surface area (TPSA) is 71.1 Å². The number of ether oxygens (including phenoxy) is 4. The second-order valence-corrected chi connectivity index (χ2v) is 9.49. The minimum atomic E-state index is -0.649. The lowest BCUT2D eigenvalue weighted by atomic mass is 9.45. The van der Waals surface area contributed by atoms with Crippen LogP contribution in [0.5, 0.6) is 0 Å². The molecule has 1 saturated carbocycles. The molecule has 160 valence electrons. The number of hydrogen-bond acceptors (Lipinski definition) is 6. The van der Waals surface area contributed by atoms with E-state index in [0.717, 1.165) is 19.3 Å². The van der Waals surface area contributed by atoms with Crippen LogP contribution in [0.3, 0.4) is 0 Å². The fourth-order valence-electron chi connectivity index (χ4n) is 6.58. The molecule has 3 aliphatic carbocycles. The van der Waals surface area contributed by atoms with Gasteiger partial charge >= 0.3 is 0 Å². The van der Waals surface area contributed by atoms with Crippen LogP contribution in [-0.2, 0) is 28.5 Å². The number of rotatable bonds is 4. The molecule has 0 radical (unpaired) electrons. The second-order valence-electron chi connectivity index (χ2n) is 9.49. The van der Waals surface area contributed by atoms with Crippen molar-refractivity contribution in [1.82, 2.24) is 0 Å². The molecule has 2 fully saturated rings. The van der Waals surface area contributed by atoms with Crippen LogP contribution in [0, 0.1) is 22.7 Å². The predicted octanol–water partition coefficient (Wildman–Crippen LogP) is 3.21. The number of hydrogen-bond donors (Lipinski definition) is 0. The van der Waals surface area contributed by atoms with Crippen LogP contribution in [0.25, 0.3) is 0 Å². The summed E-state index contributed by atoms with van der Waals surface area (Å²) in [5, 5.41) is 0. The van der Waals surface area contributed by atoms with E-state index in [0.29, 0.717) is 29.7 Å². The Bertz CT molecular complexity index is 808. The third kappa shape index (κ3) is 2.58. The Morgan fingerprint density at radius 2 is 1.79 bits per heavy atom. The third-order valence-electron chi connectivity index (χ3n) is 7.74. The molecule has 6 heteroatoms. The molecule has 29 heavy (non-hydrogen) atoms. The van der Waals surface area contributed by atoms with Gasteiger partial charge in [-0.3, -0.25) is 9.59 Å². The van der Waals surface area contributed by atoms with Gasteiger partial charge in [-0.2, -0.15) is 0 Å². The first-order valence-electron chi connectivity index (χ1n) is 10.6. The van der Waals surface area contributed by atoms with Crippen LogP contribution in [0.4, 0.5) is 0 Å². The van der Waals surface area contributed by atoms with Crippen LogP contribution in [0.15, 0.2) is 22.5 Å². The van der Waals surface area contributed by atoms with Crippen LogP contribution in [0.1, 0.15) is 46.5 Å². The Hall–Kier alpha value is -1.50. The Labute approximate surface area is 172 Å². The van der Waals surface area contributed by atoms with Crippen LogP contribution < -0.4 is 0 Å². The van der Waals surface area contributed by atoms with Gasteiger partial charge in [-0.1, -0.05) is 27.2 Å². The summed E-state index contributed by atoms with van der Waals surface area (Å²) in [6, 6.07) is 0. The van der Waals surface area contributed by atoms with E-state index in [1.807, 2.05) is 13.8 Å². The van der Waals surface area contributed by atoms with Crippen LogP contribution >= 0.6 is 0 Å². The maximum absolute atomic E-state index is 13.9. The summed E-state index contributed by atoms with van der Waals surface area (Å²) >= 11 is 0. The van der Waals surface area contributed by atoms with Gasteiger partial charge in [-0.25, -0.2) is 0 Å². The minimum absolute atomic E-state index is 0.0822. The molecular weight excluding hydrogens is 372 g/mol. The largest absolute Gasteiger partial charge is 0.492 e. The zero-order chi connectivity index (χ0) is 21.1. The highest BCUT2D eigenvalue weighted by molar-refractivity contribution is 6.25. The average Bonchev–Trinajstić information content (AvgIpc) is 2.68. The maximum atomic E-state index is 13.9. The Morgan fingerprint density at radius 1 is 1.07 bits per heavy atom. The lowest BCUT2D eigenvalue weighted by Crippen LogP contribution is -2.64. The Kier molecular flexibility index (Phi) is 5.03. The van der Waals surface area contributed by atoms with E-state index in [4.69, 9.17) is 18.9 Å². The van der Waals surface area contributed by atoms with Gasteiger partial charge in [0, 0.05) is 30.9 Å². The van der Waals surface area contributed by atoms with Gasteiger partial charge in [0.25, 0.3) is 0 Å². The monoisotopic (exact) mass is 404 g/mol. The molecule has 4 aliphatic rings. The molecule has 1 aliphatic heterocycles. The number of ketones is 2. The van der Waals surface area contributed by atoms with Gasteiger partial charge in [0.1, 0.15) is 0 Å². The molecule has 0 aromatic heterocycles. The summed E-state index contributed by atoms with van der Waals surface area (Å²) in [6.07, 6.45) is 2.49. The van der Waals surface area contributed by atoms with Crippen molar-refractivity contribution >= 4 is 11.6 Å². The van der Waals surface area contributed by atoms with Gasteiger partial charge in [-0.15, -0.1) is 0 Å². The van der Waals surface area contributed by atoms with Crippen molar-refractivity contribution in [3.63, 3.8) is 0 Å². The molecule has 0 N–H and O–H groups in total. The molecule has 4 rings (SSSR count). The molecule has 0 spiro atoms. The second kappa shape index (κ2) is 7.03. The highest BCUT2D eigenvalue weighted by Gasteiger charge is 2.67. The zero-order valence-corrected chi connectivity index (χ0v) is 18.3. The first-order valence-corrected chi connectivity index (χ1v) is 10.6. The summed E-state index contributed by atoms with van der Waals surface area (Å²) in [4.78, 5) is 27.6. The van der Waals surface area contributed by atoms with Crippen molar-refractivity contribution in [2.24, 2.45) is 22.7 Å². The highest BCUT2D eigenvalue weighted by atomic mass is 16.7. The molecule has 0 aromatic rings. The van der Waals surface area contributed by atoms with Crippen molar-refractivity contribution in [1.29, 1.82) is 0 Å². The van der Waals surface area contributed by atoms with E-state index in [1.165, 1.54) is 7.11 Å². The van der Waals surface area contributed by atoms with Gasteiger partial charge in [0.05, 0.1) is 25.2 Å².